The van der Waals surface area contributed by atoms with E-state index in [2.05, 4.69) is 24.4 Å². The molecular formula is C17H21NO2. The van der Waals surface area contributed by atoms with Gasteiger partial charge >= 0.3 is 0 Å². The quantitative estimate of drug-likeness (QED) is 0.859. The molecular weight excluding hydrogens is 250 g/mol. The number of nitrogens with one attached hydrogen (secondary N) is 1. The number of furan rings is 1. The molecule has 1 aromatic heterocycles. The first-order valence-corrected chi connectivity index (χ1v) is 7.21. The van der Waals surface area contributed by atoms with E-state index >= 15 is 0 Å². The third kappa shape index (κ3) is 2.88. The second-order valence-electron chi connectivity index (χ2n) is 5.49. The summed E-state index contributed by atoms with van der Waals surface area (Å²) < 4.78 is 10.7. The van der Waals surface area contributed by atoms with Gasteiger partial charge in [-0.25, -0.2) is 0 Å². The number of hydrogen-bond acceptors (Lipinski definition) is 3. The van der Waals surface area contributed by atoms with Crippen molar-refractivity contribution in [3.05, 3.63) is 54.0 Å². The maximum Gasteiger partial charge on any atom is 0.120 e. The summed E-state index contributed by atoms with van der Waals surface area (Å²) in [6.45, 7) is 2.15. The first kappa shape index (κ1) is 13.3. The van der Waals surface area contributed by atoms with E-state index in [9.17, 15) is 0 Å². The van der Waals surface area contributed by atoms with Gasteiger partial charge in [0.1, 0.15) is 11.5 Å². The Morgan fingerprint density at radius 1 is 1.20 bits per heavy atom. The van der Waals surface area contributed by atoms with E-state index in [0.29, 0.717) is 6.04 Å². The van der Waals surface area contributed by atoms with Crippen LogP contribution in [0.1, 0.15) is 43.2 Å². The number of hydrogen-bond donors (Lipinski definition) is 1. The van der Waals surface area contributed by atoms with E-state index in [4.69, 9.17) is 9.15 Å². The van der Waals surface area contributed by atoms with Crippen LogP contribution in [0.15, 0.2) is 47.1 Å². The molecule has 1 unspecified atom stereocenters. The monoisotopic (exact) mass is 271 g/mol. The molecule has 0 bridgehead atoms. The van der Waals surface area contributed by atoms with E-state index in [1.54, 1.807) is 13.4 Å². The second kappa shape index (κ2) is 5.71. The molecule has 0 saturated heterocycles. The Morgan fingerprint density at radius 3 is 2.50 bits per heavy atom. The van der Waals surface area contributed by atoms with Crippen LogP contribution in [0.5, 0.6) is 5.75 Å². The molecule has 0 aliphatic heterocycles. The summed E-state index contributed by atoms with van der Waals surface area (Å²) in [5.41, 5.74) is 1.33. The fourth-order valence-electron chi connectivity index (χ4n) is 2.63. The highest BCUT2D eigenvalue weighted by atomic mass is 16.5. The van der Waals surface area contributed by atoms with Crippen LogP contribution in [0.4, 0.5) is 0 Å². The summed E-state index contributed by atoms with van der Waals surface area (Å²) in [5.74, 6) is 2.63. The van der Waals surface area contributed by atoms with Crippen LogP contribution < -0.4 is 10.1 Å². The molecule has 1 heterocycles. The van der Waals surface area contributed by atoms with E-state index < -0.39 is 0 Å². The van der Waals surface area contributed by atoms with E-state index in [0.717, 1.165) is 17.4 Å². The minimum absolute atomic E-state index is 0.220. The van der Waals surface area contributed by atoms with Gasteiger partial charge in [0.05, 0.1) is 19.4 Å². The average Bonchev–Trinajstić information content (AvgIpc) is 3.17. The lowest BCUT2D eigenvalue weighted by atomic mass is 10.0. The first-order valence-electron chi connectivity index (χ1n) is 7.21. The molecule has 0 amide bonds. The SMILES string of the molecule is COc1ccc(C(N[C@@H](C)c2ccco2)C2CC2)cc1. The third-order valence-corrected chi connectivity index (χ3v) is 3.97. The molecule has 1 aliphatic carbocycles. The predicted molar refractivity (Wildman–Crippen MR) is 78.7 cm³/mol. The Morgan fingerprint density at radius 2 is 1.95 bits per heavy atom. The van der Waals surface area contributed by atoms with Crippen molar-refractivity contribution in [1.29, 1.82) is 0 Å². The Kier molecular flexibility index (Phi) is 3.79. The average molecular weight is 271 g/mol. The van der Waals surface area contributed by atoms with Crippen molar-refractivity contribution in [3.8, 4) is 5.75 Å². The summed E-state index contributed by atoms with van der Waals surface area (Å²) in [6, 6.07) is 12.9. The normalized spacial score (nSPS) is 17.7. The predicted octanol–water partition coefficient (Wildman–Crippen LogP) is 4.09. The summed E-state index contributed by atoms with van der Waals surface area (Å²) in [6.07, 6.45) is 4.33. The van der Waals surface area contributed by atoms with Crippen molar-refractivity contribution in [2.75, 3.05) is 7.11 Å². The molecule has 0 spiro atoms. The van der Waals surface area contributed by atoms with Gasteiger partial charge in [-0.1, -0.05) is 12.1 Å². The summed E-state index contributed by atoms with van der Waals surface area (Å²) in [5, 5.41) is 3.70. The Labute approximate surface area is 119 Å². The van der Waals surface area contributed by atoms with Gasteiger partial charge in [0.25, 0.3) is 0 Å². The summed E-state index contributed by atoms with van der Waals surface area (Å²) >= 11 is 0. The van der Waals surface area contributed by atoms with Crippen LogP contribution in [0.3, 0.4) is 0 Å². The Balaban J connectivity index is 1.75. The smallest absolute Gasteiger partial charge is 0.120 e. The van der Waals surface area contributed by atoms with Crippen LogP contribution in [0, 0.1) is 5.92 Å². The molecule has 1 saturated carbocycles. The maximum absolute atomic E-state index is 5.49. The molecule has 1 aliphatic rings. The van der Waals surface area contributed by atoms with Crippen molar-refractivity contribution in [3.63, 3.8) is 0 Å². The van der Waals surface area contributed by atoms with Gasteiger partial charge in [0.15, 0.2) is 0 Å². The Hall–Kier alpha value is -1.74. The molecule has 1 fully saturated rings. The minimum atomic E-state index is 0.220. The summed E-state index contributed by atoms with van der Waals surface area (Å²) in [7, 11) is 1.70. The van der Waals surface area contributed by atoms with Gasteiger partial charge in [-0.05, 0) is 55.5 Å². The lowest BCUT2D eigenvalue weighted by Gasteiger charge is -2.23. The van der Waals surface area contributed by atoms with Crippen LogP contribution in [-0.4, -0.2) is 7.11 Å². The first-order chi connectivity index (χ1) is 9.78. The van der Waals surface area contributed by atoms with Gasteiger partial charge in [0, 0.05) is 6.04 Å². The van der Waals surface area contributed by atoms with Gasteiger partial charge in [0.2, 0.25) is 0 Å². The highest BCUT2D eigenvalue weighted by Crippen LogP contribution is 2.42. The molecule has 106 valence electrons. The number of benzene rings is 1. The van der Waals surface area contributed by atoms with Gasteiger partial charge < -0.3 is 14.5 Å². The molecule has 0 radical (unpaired) electrons. The van der Waals surface area contributed by atoms with Crippen LogP contribution in [-0.2, 0) is 0 Å². The van der Waals surface area contributed by atoms with Crippen molar-refractivity contribution in [1.82, 2.24) is 5.32 Å². The topological polar surface area (TPSA) is 34.4 Å². The van der Waals surface area contributed by atoms with Gasteiger partial charge in [-0.2, -0.15) is 0 Å². The van der Waals surface area contributed by atoms with Gasteiger partial charge in [-0.15, -0.1) is 0 Å². The van der Waals surface area contributed by atoms with Crippen molar-refractivity contribution in [2.45, 2.75) is 31.8 Å². The van der Waals surface area contributed by atoms with E-state index in [-0.39, 0.29) is 6.04 Å². The standard InChI is InChI=1S/C17H21NO2/c1-12(16-4-3-11-20-16)18-17(13-5-6-13)14-7-9-15(19-2)10-8-14/h3-4,7-13,17-18H,5-6H2,1-2H3/t12-,17?/m0/s1. The fourth-order valence-corrected chi connectivity index (χ4v) is 2.63. The number of methoxy groups -OCH3 is 1. The highest BCUT2D eigenvalue weighted by molar-refractivity contribution is 5.30. The fraction of sp³-hybridized carbons (Fsp3) is 0.412. The minimum Gasteiger partial charge on any atom is -0.497 e. The van der Waals surface area contributed by atoms with E-state index in [1.165, 1.54) is 18.4 Å². The zero-order chi connectivity index (χ0) is 13.9. The second-order valence-corrected chi connectivity index (χ2v) is 5.49. The molecule has 1 aromatic carbocycles. The molecule has 3 rings (SSSR count). The lowest BCUT2D eigenvalue weighted by Crippen LogP contribution is -2.26. The largest absolute Gasteiger partial charge is 0.497 e. The molecule has 2 atom stereocenters. The zero-order valence-corrected chi connectivity index (χ0v) is 12.0. The molecule has 3 nitrogen and oxygen atoms in total. The van der Waals surface area contributed by atoms with E-state index in [1.807, 2.05) is 24.3 Å². The lowest BCUT2D eigenvalue weighted by molar-refractivity contribution is 0.371. The van der Waals surface area contributed by atoms with Crippen LogP contribution in [0.2, 0.25) is 0 Å². The highest BCUT2D eigenvalue weighted by Gasteiger charge is 2.33. The molecule has 1 N–H and O–H groups in total. The third-order valence-electron chi connectivity index (χ3n) is 3.97. The van der Waals surface area contributed by atoms with Crippen molar-refractivity contribution < 1.29 is 9.15 Å². The van der Waals surface area contributed by atoms with Crippen LogP contribution >= 0.6 is 0 Å². The van der Waals surface area contributed by atoms with Gasteiger partial charge in [-0.3, -0.25) is 0 Å². The summed E-state index contributed by atoms with van der Waals surface area (Å²) in [4.78, 5) is 0. The van der Waals surface area contributed by atoms with Crippen LogP contribution in [0.25, 0.3) is 0 Å². The Bertz CT molecular complexity index is 529. The van der Waals surface area contributed by atoms with Crippen molar-refractivity contribution >= 4 is 0 Å². The number of ether oxygens (including phenoxy) is 1. The zero-order valence-electron chi connectivity index (χ0n) is 12.0. The molecule has 20 heavy (non-hydrogen) atoms. The maximum atomic E-state index is 5.49. The van der Waals surface area contributed by atoms with Crippen molar-refractivity contribution in [2.24, 2.45) is 5.92 Å². The number of rotatable bonds is 6. The molecule has 3 heteroatoms. The molecule has 2 aromatic rings.